The zero-order valence-electron chi connectivity index (χ0n) is 15.0. The van der Waals surface area contributed by atoms with Crippen LogP contribution in [0.1, 0.15) is 31.7 Å². The first-order valence-corrected chi connectivity index (χ1v) is 8.82. The summed E-state index contributed by atoms with van der Waals surface area (Å²) in [5, 5.41) is 9.02. The van der Waals surface area contributed by atoms with Crippen LogP contribution in [0.25, 0.3) is 0 Å². The lowest BCUT2D eigenvalue weighted by Gasteiger charge is -2.51. The van der Waals surface area contributed by atoms with E-state index in [0.29, 0.717) is 5.56 Å². The number of hydrogen-bond donors (Lipinski definition) is 0. The Labute approximate surface area is 150 Å². The van der Waals surface area contributed by atoms with Crippen LogP contribution in [0.4, 0.5) is 5.69 Å². The molecule has 2 atom stereocenters. The average molecular weight is 331 g/mol. The lowest BCUT2D eigenvalue weighted by Crippen LogP contribution is -2.47. The zero-order valence-corrected chi connectivity index (χ0v) is 15.0. The monoisotopic (exact) mass is 331 g/mol. The fourth-order valence-corrected chi connectivity index (χ4v) is 3.84. The van der Waals surface area contributed by atoms with Crippen LogP contribution in [-0.2, 0) is 0 Å². The smallest absolute Gasteiger partial charge is 0.0991 e. The van der Waals surface area contributed by atoms with Crippen molar-refractivity contribution in [2.24, 2.45) is 11.8 Å². The van der Waals surface area contributed by atoms with Crippen LogP contribution in [0.5, 0.6) is 0 Å². The van der Waals surface area contributed by atoms with Crippen LogP contribution in [0.2, 0.25) is 0 Å². The van der Waals surface area contributed by atoms with Gasteiger partial charge in [-0.1, -0.05) is 39.7 Å². The molecule has 0 spiro atoms. The standard InChI is InChI=1S/C22H25N3/c1-6-7-12-24-15(2)21-13-22(16(24)3)18(5)25(17(21)4)20-10-8-19(14-23)9-11-20/h8-11,21-22H,2-7,12-13H2,1H3. The number of nitrogens with zero attached hydrogens (tertiary/aromatic N) is 3. The Kier molecular flexibility index (Phi) is 4.55. The molecule has 3 nitrogen and oxygen atoms in total. The molecule has 1 aromatic rings. The zero-order chi connectivity index (χ0) is 18.1. The molecule has 2 saturated heterocycles. The normalized spacial score (nSPS) is 23.0. The van der Waals surface area contributed by atoms with Crippen molar-refractivity contribution >= 4 is 5.69 Å². The van der Waals surface area contributed by atoms with Gasteiger partial charge in [-0.25, -0.2) is 0 Å². The highest BCUT2D eigenvalue weighted by Crippen LogP contribution is 2.50. The highest BCUT2D eigenvalue weighted by Gasteiger charge is 2.43. The molecule has 1 aromatic carbocycles. The van der Waals surface area contributed by atoms with E-state index in [1.165, 1.54) is 0 Å². The maximum absolute atomic E-state index is 9.02. The van der Waals surface area contributed by atoms with Gasteiger partial charge in [0.2, 0.25) is 0 Å². The van der Waals surface area contributed by atoms with Crippen LogP contribution in [-0.4, -0.2) is 11.4 Å². The van der Waals surface area contributed by atoms with Gasteiger partial charge in [-0.2, -0.15) is 5.26 Å². The number of likely N-dealkylation sites (tertiary alicyclic amines) is 1. The summed E-state index contributed by atoms with van der Waals surface area (Å²) in [5.74, 6) is 0.405. The molecule has 0 aliphatic carbocycles. The molecule has 2 aliphatic heterocycles. The maximum atomic E-state index is 9.02. The quantitative estimate of drug-likeness (QED) is 0.762. The minimum absolute atomic E-state index is 0.202. The van der Waals surface area contributed by atoms with Crippen LogP contribution in [0.15, 0.2) is 73.4 Å². The number of benzene rings is 1. The molecule has 3 rings (SSSR count). The topological polar surface area (TPSA) is 30.3 Å². The first kappa shape index (κ1) is 17.1. The Balaban J connectivity index is 1.94. The number of hydrogen-bond acceptors (Lipinski definition) is 3. The van der Waals surface area contributed by atoms with Gasteiger partial charge < -0.3 is 9.80 Å². The summed E-state index contributed by atoms with van der Waals surface area (Å²) in [6.45, 7) is 20.6. The van der Waals surface area contributed by atoms with E-state index >= 15 is 0 Å². The first-order valence-electron chi connectivity index (χ1n) is 8.82. The largest absolute Gasteiger partial charge is 0.348 e. The minimum Gasteiger partial charge on any atom is -0.348 e. The van der Waals surface area contributed by atoms with E-state index in [1.54, 1.807) is 0 Å². The number of fused-ring (bicyclic) bond motifs is 2. The molecule has 128 valence electrons. The van der Waals surface area contributed by atoms with Gasteiger partial charge in [0.15, 0.2) is 0 Å². The van der Waals surface area contributed by atoms with Crippen molar-refractivity contribution in [2.45, 2.75) is 26.2 Å². The number of unbranched alkanes of at least 4 members (excludes halogenated alkanes) is 1. The second kappa shape index (κ2) is 6.64. The summed E-state index contributed by atoms with van der Waals surface area (Å²) in [6, 6.07) is 9.73. The maximum Gasteiger partial charge on any atom is 0.0991 e. The van der Waals surface area contributed by atoms with Crippen molar-refractivity contribution in [3.05, 3.63) is 78.9 Å². The number of anilines is 1. The highest BCUT2D eigenvalue weighted by atomic mass is 15.2. The van der Waals surface area contributed by atoms with Gasteiger partial charge in [0.05, 0.1) is 11.6 Å². The second-order valence-corrected chi connectivity index (χ2v) is 6.81. The molecule has 0 radical (unpaired) electrons. The van der Waals surface area contributed by atoms with Crippen LogP contribution < -0.4 is 4.90 Å². The van der Waals surface area contributed by atoms with E-state index in [4.69, 9.17) is 5.26 Å². The second-order valence-electron chi connectivity index (χ2n) is 6.81. The number of rotatable bonds is 4. The summed E-state index contributed by atoms with van der Waals surface area (Å²) in [5.41, 5.74) is 5.83. The van der Waals surface area contributed by atoms with E-state index < -0.39 is 0 Å². The van der Waals surface area contributed by atoms with E-state index in [0.717, 1.165) is 54.3 Å². The summed E-state index contributed by atoms with van der Waals surface area (Å²) in [4.78, 5) is 4.39. The third kappa shape index (κ3) is 2.78. The molecule has 0 N–H and O–H groups in total. The molecule has 2 heterocycles. The lowest BCUT2D eigenvalue weighted by molar-refractivity contribution is 0.260. The third-order valence-corrected chi connectivity index (χ3v) is 5.34. The van der Waals surface area contributed by atoms with Crippen LogP contribution >= 0.6 is 0 Å². The van der Waals surface area contributed by atoms with Gasteiger partial charge in [0.25, 0.3) is 0 Å². The van der Waals surface area contributed by atoms with E-state index in [9.17, 15) is 0 Å². The van der Waals surface area contributed by atoms with E-state index in [1.807, 2.05) is 24.3 Å². The van der Waals surface area contributed by atoms with Gasteiger partial charge in [-0.05, 0) is 37.1 Å². The summed E-state index contributed by atoms with van der Waals surface area (Å²) in [6.07, 6.45) is 3.21. The van der Waals surface area contributed by atoms with Crippen molar-refractivity contribution < 1.29 is 0 Å². The molecular formula is C22H25N3. The molecule has 0 aromatic heterocycles. The molecule has 0 saturated carbocycles. The predicted molar refractivity (Wildman–Crippen MR) is 103 cm³/mol. The Morgan fingerprint density at radius 2 is 1.56 bits per heavy atom. The molecule has 0 amide bonds. The fraction of sp³-hybridized carbons (Fsp3) is 0.318. The molecule has 2 bridgehead atoms. The van der Waals surface area contributed by atoms with Gasteiger partial charge in [0.1, 0.15) is 0 Å². The third-order valence-electron chi connectivity index (χ3n) is 5.34. The number of piperidine rings is 2. The summed E-state index contributed by atoms with van der Waals surface area (Å²) in [7, 11) is 0. The Morgan fingerprint density at radius 1 is 1.00 bits per heavy atom. The molecule has 25 heavy (non-hydrogen) atoms. The van der Waals surface area contributed by atoms with Gasteiger partial charge in [-0.3, -0.25) is 0 Å². The fourth-order valence-electron chi connectivity index (χ4n) is 3.84. The van der Waals surface area contributed by atoms with Crippen molar-refractivity contribution in [3.8, 4) is 6.07 Å². The van der Waals surface area contributed by atoms with E-state index in [-0.39, 0.29) is 11.8 Å². The molecule has 2 unspecified atom stereocenters. The minimum atomic E-state index is 0.202. The van der Waals surface area contributed by atoms with Gasteiger partial charge in [-0.15, -0.1) is 0 Å². The predicted octanol–water partition coefficient (Wildman–Crippen LogP) is 5.17. The number of nitriles is 1. The molecule has 2 aliphatic rings. The Morgan fingerprint density at radius 3 is 2.04 bits per heavy atom. The molecular weight excluding hydrogens is 306 g/mol. The van der Waals surface area contributed by atoms with Gasteiger partial charge >= 0.3 is 0 Å². The SMILES string of the molecule is C=C1C2CC(C(=C)N1CCCC)C(=C)N(c1ccc(C#N)cc1)C2=C. The van der Waals surface area contributed by atoms with Crippen LogP contribution in [0.3, 0.4) is 0 Å². The Bertz CT molecular complexity index is 744. The molecule has 3 heteroatoms. The van der Waals surface area contributed by atoms with Crippen LogP contribution in [0, 0.1) is 23.2 Å². The van der Waals surface area contributed by atoms with Crippen molar-refractivity contribution in [1.29, 1.82) is 5.26 Å². The van der Waals surface area contributed by atoms with E-state index in [2.05, 4.69) is 49.1 Å². The average Bonchev–Trinajstić information content (AvgIpc) is 2.62. The summed E-state index contributed by atoms with van der Waals surface area (Å²) >= 11 is 0. The first-order chi connectivity index (χ1) is 12.0. The Hall–Kier alpha value is -2.73. The van der Waals surface area contributed by atoms with Crippen molar-refractivity contribution in [3.63, 3.8) is 0 Å². The lowest BCUT2D eigenvalue weighted by atomic mass is 9.76. The summed E-state index contributed by atoms with van der Waals surface area (Å²) < 4.78 is 0. The van der Waals surface area contributed by atoms with Crippen molar-refractivity contribution in [1.82, 2.24) is 4.90 Å². The molecule has 2 fully saturated rings. The van der Waals surface area contributed by atoms with Crippen molar-refractivity contribution in [2.75, 3.05) is 11.4 Å². The highest BCUT2D eigenvalue weighted by molar-refractivity contribution is 5.63. The van der Waals surface area contributed by atoms with Gasteiger partial charge in [0, 0.05) is 46.9 Å².